The summed E-state index contributed by atoms with van der Waals surface area (Å²) in [6, 6.07) is 2.92. The number of pyridine rings is 1. The summed E-state index contributed by atoms with van der Waals surface area (Å²) < 4.78 is 1.49. The first-order valence-electron chi connectivity index (χ1n) is 4.96. The molecule has 6 nitrogen and oxygen atoms in total. The van der Waals surface area contributed by atoms with Gasteiger partial charge in [-0.05, 0) is 17.9 Å². The number of rotatable bonds is 3. The molecule has 2 heterocycles. The van der Waals surface area contributed by atoms with E-state index in [9.17, 15) is 10.1 Å². The highest BCUT2D eigenvalue weighted by Gasteiger charge is 2.16. The van der Waals surface area contributed by atoms with Crippen molar-refractivity contribution in [1.29, 1.82) is 0 Å². The van der Waals surface area contributed by atoms with Gasteiger partial charge in [-0.1, -0.05) is 23.2 Å². The van der Waals surface area contributed by atoms with Crippen LogP contribution in [0.15, 0.2) is 18.3 Å². The minimum atomic E-state index is -0.536. The third-order valence-corrected chi connectivity index (χ3v) is 2.93. The zero-order valence-corrected chi connectivity index (χ0v) is 10.8. The number of nitro groups is 1. The first kappa shape index (κ1) is 12.8. The predicted octanol–water partition coefficient (Wildman–Crippen LogP) is 2.85. The summed E-state index contributed by atoms with van der Waals surface area (Å²) in [5, 5.41) is 15.2. The van der Waals surface area contributed by atoms with E-state index in [-0.39, 0.29) is 5.82 Å². The molecular formula is C10H8Cl2N4O2. The van der Waals surface area contributed by atoms with E-state index < -0.39 is 4.92 Å². The van der Waals surface area contributed by atoms with Crippen LogP contribution in [0.3, 0.4) is 0 Å². The molecule has 0 unspecified atom stereocenters. The van der Waals surface area contributed by atoms with E-state index in [1.54, 1.807) is 6.92 Å². The van der Waals surface area contributed by atoms with Crippen molar-refractivity contribution in [2.75, 3.05) is 0 Å². The summed E-state index contributed by atoms with van der Waals surface area (Å²) in [5.74, 6) is -0.189. The van der Waals surface area contributed by atoms with Gasteiger partial charge in [0.15, 0.2) is 0 Å². The Hall–Kier alpha value is -1.66. The van der Waals surface area contributed by atoms with Crippen molar-refractivity contribution < 1.29 is 4.92 Å². The summed E-state index contributed by atoms with van der Waals surface area (Å²) in [7, 11) is 0. The van der Waals surface area contributed by atoms with Crippen molar-refractivity contribution in [3.05, 3.63) is 49.9 Å². The summed E-state index contributed by atoms with van der Waals surface area (Å²) in [6.45, 7) is 2.04. The van der Waals surface area contributed by atoms with Crippen LogP contribution in [-0.4, -0.2) is 19.7 Å². The molecule has 0 fully saturated rings. The van der Waals surface area contributed by atoms with E-state index >= 15 is 0 Å². The van der Waals surface area contributed by atoms with Gasteiger partial charge in [0.2, 0.25) is 0 Å². The fraction of sp³-hybridized carbons (Fsp3) is 0.200. The number of halogens is 2. The van der Waals surface area contributed by atoms with Crippen LogP contribution in [0.5, 0.6) is 0 Å². The third kappa shape index (κ3) is 2.60. The van der Waals surface area contributed by atoms with E-state index in [1.165, 1.54) is 23.0 Å². The first-order valence-corrected chi connectivity index (χ1v) is 5.71. The molecule has 0 radical (unpaired) electrons. The van der Waals surface area contributed by atoms with Crippen molar-refractivity contribution in [2.24, 2.45) is 0 Å². The van der Waals surface area contributed by atoms with Crippen molar-refractivity contribution in [3.63, 3.8) is 0 Å². The fourth-order valence-corrected chi connectivity index (χ4v) is 1.88. The van der Waals surface area contributed by atoms with Crippen LogP contribution in [0, 0.1) is 17.0 Å². The van der Waals surface area contributed by atoms with Crippen LogP contribution >= 0.6 is 23.2 Å². The number of nitrogens with zero attached hydrogens (tertiary/aromatic N) is 4. The largest absolute Gasteiger partial charge is 0.390 e. The second kappa shape index (κ2) is 4.91. The lowest BCUT2D eigenvalue weighted by Crippen LogP contribution is -2.05. The van der Waals surface area contributed by atoms with Gasteiger partial charge in [0.1, 0.15) is 5.15 Å². The highest BCUT2D eigenvalue weighted by atomic mass is 35.5. The van der Waals surface area contributed by atoms with Crippen molar-refractivity contribution in [2.45, 2.75) is 13.5 Å². The SMILES string of the molecule is Cc1cc([N+](=O)[O-])nn1Cc1cnc(Cl)cc1Cl. The lowest BCUT2D eigenvalue weighted by molar-refractivity contribution is -0.389. The number of aromatic nitrogens is 3. The standard InChI is InChI=1S/C10H8Cl2N4O2/c1-6-2-10(16(17)18)14-15(6)5-7-4-13-9(12)3-8(7)11/h2-4H,5H2,1H3. The van der Waals surface area contributed by atoms with Gasteiger partial charge in [0, 0.05) is 11.8 Å². The number of hydrogen-bond donors (Lipinski definition) is 0. The molecule has 2 aromatic heterocycles. The lowest BCUT2D eigenvalue weighted by Gasteiger charge is -2.03. The lowest BCUT2D eigenvalue weighted by atomic mass is 10.3. The maximum atomic E-state index is 10.6. The molecule has 0 N–H and O–H groups in total. The average Bonchev–Trinajstić information content (AvgIpc) is 2.64. The molecule has 0 aliphatic heterocycles. The Balaban J connectivity index is 2.31. The third-order valence-electron chi connectivity index (χ3n) is 2.37. The maximum Gasteiger partial charge on any atom is 0.390 e. The van der Waals surface area contributed by atoms with Crippen LogP contribution in [-0.2, 0) is 6.54 Å². The molecule has 0 atom stereocenters. The summed E-state index contributed by atoms with van der Waals surface area (Å²) in [5.41, 5.74) is 1.37. The first-order chi connectivity index (χ1) is 8.47. The quantitative estimate of drug-likeness (QED) is 0.494. The van der Waals surface area contributed by atoms with Gasteiger partial charge in [0.05, 0.1) is 28.4 Å². The van der Waals surface area contributed by atoms with Crippen LogP contribution in [0.4, 0.5) is 5.82 Å². The Labute approximate surface area is 112 Å². The van der Waals surface area contributed by atoms with E-state index in [0.717, 1.165) is 0 Å². The molecule has 94 valence electrons. The molecule has 0 saturated heterocycles. The second-order valence-electron chi connectivity index (χ2n) is 3.66. The fourth-order valence-electron chi connectivity index (χ4n) is 1.46. The molecule has 0 amide bonds. The number of aryl methyl sites for hydroxylation is 1. The predicted molar refractivity (Wildman–Crippen MR) is 67.0 cm³/mol. The molecule has 0 saturated carbocycles. The maximum absolute atomic E-state index is 10.6. The zero-order chi connectivity index (χ0) is 13.3. The van der Waals surface area contributed by atoms with Crippen LogP contribution in [0.1, 0.15) is 11.3 Å². The van der Waals surface area contributed by atoms with Gasteiger partial charge in [-0.2, -0.15) is 4.68 Å². The van der Waals surface area contributed by atoms with E-state index in [2.05, 4.69) is 10.1 Å². The van der Waals surface area contributed by atoms with Crippen LogP contribution in [0.25, 0.3) is 0 Å². The summed E-state index contributed by atoms with van der Waals surface area (Å²) in [4.78, 5) is 14.0. The van der Waals surface area contributed by atoms with Crippen LogP contribution in [0.2, 0.25) is 10.2 Å². The molecule has 0 spiro atoms. The van der Waals surface area contributed by atoms with Crippen molar-refractivity contribution in [3.8, 4) is 0 Å². The summed E-state index contributed by atoms with van der Waals surface area (Å²) >= 11 is 11.7. The molecule has 18 heavy (non-hydrogen) atoms. The van der Waals surface area contributed by atoms with E-state index in [1.807, 2.05) is 0 Å². The van der Waals surface area contributed by atoms with E-state index in [4.69, 9.17) is 23.2 Å². The van der Waals surface area contributed by atoms with Gasteiger partial charge in [-0.15, -0.1) is 0 Å². The Morgan fingerprint density at radius 1 is 1.44 bits per heavy atom. The Morgan fingerprint density at radius 2 is 2.17 bits per heavy atom. The van der Waals surface area contributed by atoms with Gasteiger partial charge >= 0.3 is 5.82 Å². The average molecular weight is 287 g/mol. The Morgan fingerprint density at radius 3 is 2.72 bits per heavy atom. The molecular weight excluding hydrogens is 279 g/mol. The minimum Gasteiger partial charge on any atom is -0.358 e. The van der Waals surface area contributed by atoms with Gasteiger partial charge in [-0.3, -0.25) is 0 Å². The van der Waals surface area contributed by atoms with Gasteiger partial charge in [-0.25, -0.2) is 4.98 Å². The molecule has 2 rings (SSSR count). The normalized spacial score (nSPS) is 10.6. The molecule has 0 aliphatic rings. The highest BCUT2D eigenvalue weighted by Crippen LogP contribution is 2.20. The van der Waals surface area contributed by atoms with Crippen LogP contribution < -0.4 is 0 Å². The molecule has 0 bridgehead atoms. The second-order valence-corrected chi connectivity index (χ2v) is 4.45. The molecule has 8 heteroatoms. The zero-order valence-electron chi connectivity index (χ0n) is 9.30. The van der Waals surface area contributed by atoms with Crippen molar-refractivity contribution >= 4 is 29.0 Å². The summed E-state index contributed by atoms with van der Waals surface area (Å²) in [6.07, 6.45) is 1.53. The minimum absolute atomic E-state index is 0.189. The van der Waals surface area contributed by atoms with E-state index in [0.29, 0.717) is 28.0 Å². The monoisotopic (exact) mass is 286 g/mol. The Kier molecular flexibility index (Phi) is 3.49. The highest BCUT2D eigenvalue weighted by molar-refractivity contribution is 6.34. The van der Waals surface area contributed by atoms with Crippen molar-refractivity contribution in [1.82, 2.24) is 14.8 Å². The number of hydrogen-bond acceptors (Lipinski definition) is 4. The molecule has 0 aromatic carbocycles. The van der Waals surface area contributed by atoms with Gasteiger partial charge < -0.3 is 10.1 Å². The van der Waals surface area contributed by atoms with Gasteiger partial charge in [0.25, 0.3) is 0 Å². The smallest absolute Gasteiger partial charge is 0.358 e. The molecule has 0 aliphatic carbocycles. The molecule has 2 aromatic rings. The topological polar surface area (TPSA) is 73.8 Å². The Bertz CT molecular complexity index is 612.